The lowest BCUT2D eigenvalue weighted by atomic mass is 10.1. The topological polar surface area (TPSA) is 64.9 Å². The highest BCUT2D eigenvalue weighted by Crippen LogP contribution is 2.35. The Morgan fingerprint density at radius 2 is 1.52 bits per heavy atom. The first-order chi connectivity index (χ1) is 14.9. The maximum absolute atomic E-state index is 13.1. The van der Waals surface area contributed by atoms with Crippen LogP contribution in [0.1, 0.15) is 5.56 Å². The lowest BCUT2D eigenvalue weighted by molar-refractivity contribution is -0.137. The fraction of sp³-hybridized carbons (Fsp3) is 0.0435. The molecule has 0 saturated heterocycles. The van der Waals surface area contributed by atoms with Crippen LogP contribution in [0.15, 0.2) is 100 Å². The number of nitriles is 1. The number of halogens is 3. The first kappa shape index (κ1) is 22.0. The zero-order valence-corrected chi connectivity index (χ0v) is 16.8. The minimum absolute atomic E-state index is 0.364. The second kappa shape index (κ2) is 9.87. The summed E-state index contributed by atoms with van der Waals surface area (Å²) in [5.74, 6) is -0.945. The average molecular weight is 439 g/mol. The Morgan fingerprint density at radius 3 is 2.19 bits per heavy atom. The Morgan fingerprint density at radius 1 is 0.903 bits per heavy atom. The number of carbonyl (C=O) groups is 1. The molecule has 3 aromatic carbocycles. The third kappa shape index (κ3) is 5.90. The van der Waals surface area contributed by atoms with Crippen LogP contribution >= 0.6 is 11.8 Å². The van der Waals surface area contributed by atoms with E-state index in [0.29, 0.717) is 5.69 Å². The van der Waals surface area contributed by atoms with Gasteiger partial charge in [-0.15, -0.1) is 0 Å². The first-order valence-corrected chi connectivity index (χ1v) is 9.86. The van der Waals surface area contributed by atoms with Crippen molar-refractivity contribution in [1.29, 1.82) is 5.26 Å². The van der Waals surface area contributed by atoms with Gasteiger partial charge in [-0.1, -0.05) is 54.2 Å². The molecule has 4 nitrogen and oxygen atoms in total. The molecule has 0 bridgehead atoms. The molecule has 0 atom stereocenters. The third-order valence-corrected chi connectivity index (χ3v) is 5.16. The second-order valence-electron chi connectivity index (χ2n) is 6.22. The van der Waals surface area contributed by atoms with E-state index in [-0.39, 0.29) is 5.57 Å². The van der Waals surface area contributed by atoms with E-state index >= 15 is 0 Å². The minimum atomic E-state index is -4.63. The standard InChI is InChI=1S/C23H16F3N3OS/c24-23(25,26)18-10-4-5-11-19(18)29-22(30)16(14-27)15-28-20-12-6-7-13-21(20)31-17-8-2-1-3-9-17/h1-13,15,28H,(H,29,30)/b16-15-. The molecule has 0 fully saturated rings. The van der Waals surface area contributed by atoms with Crippen molar-refractivity contribution in [2.75, 3.05) is 10.6 Å². The fourth-order valence-corrected chi connectivity index (χ4v) is 3.55. The van der Waals surface area contributed by atoms with Gasteiger partial charge in [0.1, 0.15) is 11.6 Å². The highest BCUT2D eigenvalue weighted by atomic mass is 32.2. The normalized spacial score (nSPS) is 11.5. The summed E-state index contributed by atoms with van der Waals surface area (Å²) in [6.45, 7) is 0. The number of amides is 1. The van der Waals surface area contributed by atoms with Crippen molar-refractivity contribution >= 4 is 29.0 Å². The SMILES string of the molecule is N#C/C(=C/Nc1ccccc1Sc1ccccc1)C(=O)Nc1ccccc1C(F)(F)F. The van der Waals surface area contributed by atoms with Crippen LogP contribution in [0.4, 0.5) is 24.5 Å². The Labute approximate surface area is 181 Å². The number of carbonyl (C=O) groups excluding carboxylic acids is 1. The largest absolute Gasteiger partial charge is 0.418 e. The zero-order valence-electron chi connectivity index (χ0n) is 16.0. The Bertz CT molecular complexity index is 1140. The van der Waals surface area contributed by atoms with Gasteiger partial charge in [0.15, 0.2) is 0 Å². The van der Waals surface area contributed by atoms with Crippen LogP contribution in [0.2, 0.25) is 0 Å². The molecule has 2 N–H and O–H groups in total. The summed E-state index contributed by atoms with van der Waals surface area (Å²) in [4.78, 5) is 14.3. The lowest BCUT2D eigenvalue weighted by Crippen LogP contribution is -2.18. The first-order valence-electron chi connectivity index (χ1n) is 9.05. The molecular formula is C23H16F3N3OS. The molecule has 156 valence electrons. The van der Waals surface area contributed by atoms with Gasteiger partial charge < -0.3 is 10.6 Å². The summed E-state index contributed by atoms with van der Waals surface area (Å²) in [6.07, 6.45) is -3.46. The smallest absolute Gasteiger partial charge is 0.359 e. The summed E-state index contributed by atoms with van der Waals surface area (Å²) in [6, 6.07) is 23.2. The van der Waals surface area contributed by atoms with E-state index in [4.69, 9.17) is 0 Å². The summed E-state index contributed by atoms with van der Waals surface area (Å²) < 4.78 is 39.4. The number of nitrogens with zero attached hydrogens (tertiary/aromatic N) is 1. The van der Waals surface area contributed by atoms with E-state index in [1.807, 2.05) is 42.5 Å². The number of anilines is 2. The lowest BCUT2D eigenvalue weighted by Gasteiger charge is -2.13. The van der Waals surface area contributed by atoms with Crippen LogP contribution in [0, 0.1) is 11.3 Å². The summed E-state index contributed by atoms with van der Waals surface area (Å²) in [7, 11) is 0. The predicted molar refractivity (Wildman–Crippen MR) is 114 cm³/mol. The van der Waals surface area contributed by atoms with E-state index in [1.165, 1.54) is 30.1 Å². The Balaban J connectivity index is 1.78. The maximum atomic E-state index is 13.1. The minimum Gasteiger partial charge on any atom is -0.359 e. The number of para-hydroxylation sites is 2. The van der Waals surface area contributed by atoms with Crippen molar-refractivity contribution in [2.24, 2.45) is 0 Å². The number of hydrogen-bond donors (Lipinski definition) is 2. The summed E-state index contributed by atoms with van der Waals surface area (Å²) in [5, 5.41) is 14.4. The van der Waals surface area contributed by atoms with Gasteiger partial charge in [0.2, 0.25) is 0 Å². The van der Waals surface area contributed by atoms with Crippen molar-refractivity contribution in [2.45, 2.75) is 16.0 Å². The van der Waals surface area contributed by atoms with Crippen molar-refractivity contribution in [3.8, 4) is 6.07 Å². The summed E-state index contributed by atoms with van der Waals surface area (Å²) in [5.41, 5.74) is -1.12. The van der Waals surface area contributed by atoms with Crippen LogP contribution in [0.5, 0.6) is 0 Å². The van der Waals surface area contributed by atoms with Crippen LogP contribution in [-0.4, -0.2) is 5.91 Å². The van der Waals surface area contributed by atoms with Gasteiger partial charge in [0.05, 0.1) is 16.9 Å². The van der Waals surface area contributed by atoms with Crippen molar-refractivity contribution in [3.05, 3.63) is 96.2 Å². The molecule has 0 aliphatic carbocycles. The van der Waals surface area contributed by atoms with Gasteiger partial charge in [-0.3, -0.25) is 4.79 Å². The predicted octanol–water partition coefficient (Wildman–Crippen LogP) is 6.31. The molecule has 0 aliphatic heterocycles. The molecule has 8 heteroatoms. The zero-order chi connectivity index (χ0) is 22.3. The van der Waals surface area contributed by atoms with Crippen LogP contribution in [-0.2, 0) is 11.0 Å². The quantitative estimate of drug-likeness (QED) is 0.349. The summed E-state index contributed by atoms with van der Waals surface area (Å²) >= 11 is 1.49. The Hall–Kier alpha value is -3.70. The highest BCUT2D eigenvalue weighted by molar-refractivity contribution is 7.99. The Kier molecular flexibility index (Phi) is 7.00. The molecule has 1 amide bonds. The van der Waals surface area contributed by atoms with Crippen LogP contribution < -0.4 is 10.6 Å². The number of nitrogens with one attached hydrogen (secondary N) is 2. The van der Waals surface area contributed by atoms with Crippen LogP contribution in [0.25, 0.3) is 0 Å². The number of alkyl halides is 3. The number of rotatable bonds is 6. The molecule has 0 radical (unpaired) electrons. The van der Waals surface area contributed by atoms with E-state index in [9.17, 15) is 23.2 Å². The average Bonchev–Trinajstić information content (AvgIpc) is 2.75. The van der Waals surface area contributed by atoms with Crippen molar-refractivity contribution in [1.82, 2.24) is 0 Å². The maximum Gasteiger partial charge on any atom is 0.418 e. The van der Waals surface area contributed by atoms with Gasteiger partial charge in [0.25, 0.3) is 5.91 Å². The molecule has 3 rings (SSSR count). The molecule has 0 aromatic heterocycles. The molecule has 0 aliphatic rings. The van der Waals surface area contributed by atoms with Gasteiger partial charge in [-0.05, 0) is 36.4 Å². The molecule has 31 heavy (non-hydrogen) atoms. The monoisotopic (exact) mass is 439 g/mol. The van der Waals surface area contributed by atoms with E-state index < -0.39 is 23.3 Å². The van der Waals surface area contributed by atoms with Gasteiger partial charge in [-0.2, -0.15) is 18.4 Å². The molecular weight excluding hydrogens is 423 g/mol. The fourth-order valence-electron chi connectivity index (χ4n) is 2.62. The second-order valence-corrected chi connectivity index (χ2v) is 7.34. The molecule has 0 spiro atoms. The van der Waals surface area contributed by atoms with Crippen LogP contribution in [0.3, 0.4) is 0 Å². The van der Waals surface area contributed by atoms with Gasteiger partial charge in [0, 0.05) is 16.0 Å². The van der Waals surface area contributed by atoms with E-state index in [0.717, 1.165) is 21.9 Å². The molecule has 0 unspecified atom stereocenters. The number of hydrogen-bond acceptors (Lipinski definition) is 4. The molecule has 3 aromatic rings. The van der Waals surface area contributed by atoms with Gasteiger partial charge >= 0.3 is 6.18 Å². The number of benzene rings is 3. The van der Waals surface area contributed by atoms with Crippen molar-refractivity contribution in [3.63, 3.8) is 0 Å². The third-order valence-electron chi connectivity index (χ3n) is 4.08. The van der Waals surface area contributed by atoms with Gasteiger partial charge in [-0.25, -0.2) is 0 Å². The highest BCUT2D eigenvalue weighted by Gasteiger charge is 2.33. The molecule has 0 saturated carbocycles. The van der Waals surface area contributed by atoms with Crippen molar-refractivity contribution < 1.29 is 18.0 Å². The van der Waals surface area contributed by atoms with E-state index in [2.05, 4.69) is 10.6 Å². The van der Waals surface area contributed by atoms with E-state index in [1.54, 1.807) is 18.2 Å². The molecule has 0 heterocycles.